The van der Waals surface area contributed by atoms with Crippen molar-refractivity contribution in [3.05, 3.63) is 35.4 Å². The summed E-state index contributed by atoms with van der Waals surface area (Å²) in [5, 5.41) is 3.18. The van der Waals surface area contributed by atoms with Crippen LogP contribution < -0.4 is 5.32 Å². The number of ether oxygens (including phenoxy) is 1. The second-order valence-electron chi connectivity index (χ2n) is 4.71. The Labute approximate surface area is 143 Å². The number of benzene rings is 1. The number of thioether (sulfide) groups is 2. The Morgan fingerprint density at radius 2 is 1.82 bits per heavy atom. The molecule has 0 atom stereocenters. The van der Waals surface area contributed by atoms with Gasteiger partial charge in [0.2, 0.25) is 0 Å². The van der Waals surface area contributed by atoms with Crippen LogP contribution >= 0.6 is 23.5 Å². The maximum absolute atomic E-state index is 12.8. The SMILES string of the molecule is CCOC(=O)C(SCC)(SCC)c1ccccc1CCNC. The molecule has 1 aromatic carbocycles. The van der Waals surface area contributed by atoms with Gasteiger partial charge >= 0.3 is 5.97 Å². The van der Waals surface area contributed by atoms with Gasteiger partial charge in [-0.1, -0.05) is 38.1 Å². The van der Waals surface area contributed by atoms with E-state index in [0.29, 0.717) is 6.61 Å². The Hall–Kier alpha value is -0.650. The Morgan fingerprint density at radius 1 is 1.18 bits per heavy atom. The molecule has 1 aromatic rings. The number of carbonyl (C=O) groups excluding carboxylic acids is 1. The van der Waals surface area contributed by atoms with Crippen molar-refractivity contribution in [2.24, 2.45) is 0 Å². The molecule has 0 amide bonds. The molecule has 0 aliphatic rings. The molecule has 0 spiro atoms. The topological polar surface area (TPSA) is 38.3 Å². The lowest BCUT2D eigenvalue weighted by atomic mass is 10.0. The highest BCUT2D eigenvalue weighted by atomic mass is 32.2. The second-order valence-corrected chi connectivity index (χ2v) is 7.93. The summed E-state index contributed by atoms with van der Waals surface area (Å²) in [5.41, 5.74) is 2.30. The molecule has 5 heteroatoms. The first-order valence-electron chi connectivity index (χ1n) is 7.84. The Balaban J connectivity index is 3.32. The quantitative estimate of drug-likeness (QED) is 0.519. The fourth-order valence-corrected chi connectivity index (χ4v) is 5.29. The van der Waals surface area contributed by atoms with E-state index in [1.54, 1.807) is 23.5 Å². The van der Waals surface area contributed by atoms with Crippen LogP contribution in [0.2, 0.25) is 0 Å². The molecular formula is C17H27NO2S2. The van der Waals surface area contributed by atoms with Crippen LogP contribution in [0.1, 0.15) is 31.9 Å². The minimum absolute atomic E-state index is 0.134. The van der Waals surface area contributed by atoms with Crippen LogP contribution in [0.15, 0.2) is 24.3 Å². The zero-order valence-corrected chi connectivity index (χ0v) is 15.6. The summed E-state index contributed by atoms with van der Waals surface area (Å²) in [6, 6.07) is 8.25. The molecule has 1 rings (SSSR count). The van der Waals surface area contributed by atoms with E-state index in [0.717, 1.165) is 30.0 Å². The van der Waals surface area contributed by atoms with E-state index >= 15 is 0 Å². The van der Waals surface area contributed by atoms with Crippen molar-refractivity contribution in [3.8, 4) is 0 Å². The van der Waals surface area contributed by atoms with Crippen molar-refractivity contribution in [1.29, 1.82) is 0 Å². The van der Waals surface area contributed by atoms with Gasteiger partial charge in [-0.05, 0) is 49.6 Å². The monoisotopic (exact) mass is 341 g/mol. The van der Waals surface area contributed by atoms with E-state index in [-0.39, 0.29) is 5.97 Å². The molecule has 0 bridgehead atoms. The summed E-state index contributed by atoms with van der Waals surface area (Å²) < 4.78 is 4.77. The largest absolute Gasteiger partial charge is 0.464 e. The maximum atomic E-state index is 12.8. The van der Waals surface area contributed by atoms with Crippen molar-refractivity contribution < 1.29 is 9.53 Å². The molecule has 1 N–H and O–H groups in total. The zero-order chi connectivity index (χ0) is 16.4. The molecule has 0 saturated heterocycles. The lowest BCUT2D eigenvalue weighted by molar-refractivity contribution is -0.143. The average molecular weight is 342 g/mol. The predicted octanol–water partition coefficient (Wildman–Crippen LogP) is 3.67. The molecule has 0 aromatic heterocycles. The molecular weight excluding hydrogens is 314 g/mol. The number of nitrogens with one attached hydrogen (secondary N) is 1. The van der Waals surface area contributed by atoms with Crippen LogP contribution in [0, 0.1) is 0 Å². The summed E-state index contributed by atoms with van der Waals surface area (Å²) in [7, 11) is 1.95. The third kappa shape index (κ3) is 4.67. The van der Waals surface area contributed by atoms with Gasteiger partial charge in [0.25, 0.3) is 0 Å². The van der Waals surface area contributed by atoms with Gasteiger partial charge in [0.1, 0.15) is 0 Å². The molecule has 3 nitrogen and oxygen atoms in total. The van der Waals surface area contributed by atoms with E-state index in [1.807, 2.05) is 26.1 Å². The lowest BCUT2D eigenvalue weighted by Gasteiger charge is -2.32. The van der Waals surface area contributed by atoms with Crippen LogP contribution in [0.4, 0.5) is 0 Å². The summed E-state index contributed by atoms with van der Waals surface area (Å²) >= 11 is 3.33. The van der Waals surface area contributed by atoms with Crippen molar-refractivity contribution in [2.45, 2.75) is 31.3 Å². The Kier molecular flexibility index (Phi) is 8.98. The van der Waals surface area contributed by atoms with Gasteiger partial charge < -0.3 is 10.1 Å². The van der Waals surface area contributed by atoms with Gasteiger partial charge in [-0.2, -0.15) is 0 Å². The highest BCUT2D eigenvalue weighted by molar-refractivity contribution is 8.18. The Bertz CT molecular complexity index is 460. The van der Waals surface area contributed by atoms with Crippen LogP contribution in [-0.4, -0.2) is 37.7 Å². The number of esters is 1. The predicted molar refractivity (Wildman–Crippen MR) is 98.6 cm³/mol. The van der Waals surface area contributed by atoms with Crippen molar-refractivity contribution in [1.82, 2.24) is 5.32 Å². The summed E-state index contributed by atoms with van der Waals surface area (Å²) in [6.07, 6.45) is 0.905. The summed E-state index contributed by atoms with van der Waals surface area (Å²) in [4.78, 5) is 12.8. The molecule has 0 fully saturated rings. The first-order chi connectivity index (χ1) is 10.7. The van der Waals surface area contributed by atoms with Crippen LogP contribution in [0.25, 0.3) is 0 Å². The molecule has 0 aliphatic heterocycles. The second kappa shape index (κ2) is 10.2. The fourth-order valence-electron chi connectivity index (χ4n) is 2.38. The number of rotatable bonds is 10. The number of carbonyl (C=O) groups is 1. The van der Waals surface area contributed by atoms with Crippen molar-refractivity contribution in [3.63, 3.8) is 0 Å². The third-order valence-corrected chi connectivity index (χ3v) is 6.13. The van der Waals surface area contributed by atoms with Gasteiger partial charge in [0.05, 0.1) is 6.61 Å². The van der Waals surface area contributed by atoms with E-state index in [9.17, 15) is 4.79 Å². The highest BCUT2D eigenvalue weighted by Gasteiger charge is 2.43. The number of hydrogen-bond donors (Lipinski definition) is 1. The van der Waals surface area contributed by atoms with Gasteiger partial charge in [-0.15, -0.1) is 23.5 Å². The minimum Gasteiger partial charge on any atom is -0.464 e. The fraction of sp³-hybridized carbons (Fsp3) is 0.588. The van der Waals surface area contributed by atoms with Gasteiger partial charge in [-0.25, -0.2) is 4.79 Å². The van der Waals surface area contributed by atoms with E-state index in [4.69, 9.17) is 4.74 Å². The van der Waals surface area contributed by atoms with E-state index in [2.05, 4.69) is 31.3 Å². The van der Waals surface area contributed by atoms with Crippen molar-refractivity contribution >= 4 is 29.5 Å². The first-order valence-corrected chi connectivity index (χ1v) is 9.81. The van der Waals surface area contributed by atoms with Crippen molar-refractivity contribution in [2.75, 3.05) is 31.7 Å². The van der Waals surface area contributed by atoms with Gasteiger partial charge in [0, 0.05) is 0 Å². The molecule has 124 valence electrons. The van der Waals surface area contributed by atoms with Gasteiger partial charge in [0.15, 0.2) is 4.08 Å². The zero-order valence-electron chi connectivity index (χ0n) is 14.0. The first kappa shape index (κ1) is 19.4. The van der Waals surface area contributed by atoms with E-state index < -0.39 is 4.08 Å². The number of hydrogen-bond acceptors (Lipinski definition) is 5. The smallest absolute Gasteiger partial charge is 0.337 e. The molecule has 0 aliphatic carbocycles. The van der Waals surface area contributed by atoms with Gasteiger partial charge in [-0.3, -0.25) is 0 Å². The summed E-state index contributed by atoms with van der Waals surface area (Å²) in [6.45, 7) is 7.34. The molecule has 22 heavy (non-hydrogen) atoms. The standard InChI is InChI=1S/C17H27NO2S2/c1-5-20-16(19)17(21-6-2,22-7-3)15-11-9-8-10-14(15)12-13-18-4/h8-11,18H,5-7,12-13H2,1-4H3. The minimum atomic E-state index is -0.663. The molecule has 0 heterocycles. The lowest BCUT2D eigenvalue weighted by Crippen LogP contribution is -2.33. The van der Waals surface area contributed by atoms with E-state index in [1.165, 1.54) is 5.56 Å². The summed E-state index contributed by atoms with van der Waals surface area (Å²) in [5.74, 6) is 1.60. The van der Waals surface area contributed by atoms with Crippen LogP contribution in [-0.2, 0) is 20.0 Å². The highest BCUT2D eigenvalue weighted by Crippen LogP contribution is 2.48. The van der Waals surface area contributed by atoms with Crippen LogP contribution in [0.3, 0.4) is 0 Å². The molecule has 0 radical (unpaired) electrons. The normalized spacial score (nSPS) is 11.5. The molecule has 0 unspecified atom stereocenters. The Morgan fingerprint density at radius 3 is 2.36 bits per heavy atom. The molecule has 0 saturated carbocycles. The third-order valence-electron chi connectivity index (χ3n) is 3.26. The average Bonchev–Trinajstić information content (AvgIpc) is 2.53. The number of likely N-dealkylation sites (N-methyl/N-ethyl adjacent to an activating group) is 1. The maximum Gasteiger partial charge on any atom is 0.337 e. The van der Waals surface area contributed by atoms with Crippen LogP contribution in [0.5, 0.6) is 0 Å².